The third-order valence-electron chi connectivity index (χ3n) is 2.13. The zero-order valence-electron chi connectivity index (χ0n) is 8.00. The van der Waals surface area contributed by atoms with E-state index in [0.29, 0.717) is 12.0 Å². The third-order valence-corrected chi connectivity index (χ3v) is 2.13. The van der Waals surface area contributed by atoms with E-state index in [1.807, 2.05) is 13.8 Å². The van der Waals surface area contributed by atoms with Crippen molar-refractivity contribution in [2.45, 2.75) is 45.8 Å². The molecule has 0 aliphatic heterocycles. The minimum atomic E-state index is -0.130. The van der Waals surface area contributed by atoms with Crippen LogP contribution in [0.3, 0.4) is 0 Å². The summed E-state index contributed by atoms with van der Waals surface area (Å²) in [5.41, 5.74) is 0. The zero-order chi connectivity index (χ0) is 8.85. The molecule has 2 heteroatoms. The van der Waals surface area contributed by atoms with Crippen LogP contribution in [-0.2, 0) is 4.74 Å². The van der Waals surface area contributed by atoms with Gasteiger partial charge in [-0.15, -0.1) is 0 Å². The summed E-state index contributed by atoms with van der Waals surface area (Å²) in [5.74, 6) is 0.426. The Hall–Kier alpha value is -0.0800. The molecule has 2 nitrogen and oxygen atoms in total. The predicted molar refractivity (Wildman–Crippen MR) is 46.5 cm³/mol. The van der Waals surface area contributed by atoms with Crippen molar-refractivity contribution in [1.29, 1.82) is 0 Å². The van der Waals surface area contributed by atoms with Crippen molar-refractivity contribution < 1.29 is 9.84 Å². The number of methoxy groups -OCH3 is 1. The predicted octanol–water partition coefficient (Wildman–Crippen LogP) is 1.82. The van der Waals surface area contributed by atoms with Crippen molar-refractivity contribution >= 4 is 0 Å². The molecule has 1 aliphatic rings. The SMILES string of the molecule is CC.COC1CC(C)C(O)C1. The molecule has 11 heavy (non-hydrogen) atoms. The number of aliphatic hydroxyl groups excluding tert-OH is 1. The van der Waals surface area contributed by atoms with Gasteiger partial charge >= 0.3 is 0 Å². The summed E-state index contributed by atoms with van der Waals surface area (Å²) < 4.78 is 5.09. The van der Waals surface area contributed by atoms with Gasteiger partial charge in [0.25, 0.3) is 0 Å². The van der Waals surface area contributed by atoms with Gasteiger partial charge in [0.05, 0.1) is 12.2 Å². The van der Waals surface area contributed by atoms with Crippen LogP contribution >= 0.6 is 0 Å². The second-order valence-electron chi connectivity index (χ2n) is 2.87. The van der Waals surface area contributed by atoms with Gasteiger partial charge < -0.3 is 9.84 Å². The van der Waals surface area contributed by atoms with E-state index in [2.05, 4.69) is 6.92 Å². The molecule has 1 fully saturated rings. The van der Waals surface area contributed by atoms with Gasteiger partial charge in [0.2, 0.25) is 0 Å². The second kappa shape index (κ2) is 5.56. The topological polar surface area (TPSA) is 29.5 Å². The van der Waals surface area contributed by atoms with Gasteiger partial charge in [-0.1, -0.05) is 20.8 Å². The van der Waals surface area contributed by atoms with E-state index < -0.39 is 0 Å². The van der Waals surface area contributed by atoms with Crippen LogP contribution in [0, 0.1) is 5.92 Å². The first-order chi connectivity index (χ1) is 5.24. The van der Waals surface area contributed by atoms with Gasteiger partial charge in [0.1, 0.15) is 0 Å². The summed E-state index contributed by atoms with van der Waals surface area (Å²) in [6.45, 7) is 6.06. The van der Waals surface area contributed by atoms with E-state index in [0.717, 1.165) is 12.8 Å². The Morgan fingerprint density at radius 2 is 1.82 bits per heavy atom. The lowest BCUT2D eigenvalue weighted by Gasteiger charge is -2.03. The molecule has 0 amide bonds. The summed E-state index contributed by atoms with van der Waals surface area (Å²) in [6.07, 6.45) is 2.00. The van der Waals surface area contributed by atoms with Crippen molar-refractivity contribution in [3.05, 3.63) is 0 Å². The Kier molecular flexibility index (Phi) is 5.51. The smallest absolute Gasteiger partial charge is 0.0599 e. The minimum absolute atomic E-state index is 0.130. The van der Waals surface area contributed by atoms with Crippen LogP contribution in [0.15, 0.2) is 0 Å². The molecule has 0 radical (unpaired) electrons. The van der Waals surface area contributed by atoms with Gasteiger partial charge in [-0.25, -0.2) is 0 Å². The Morgan fingerprint density at radius 1 is 1.27 bits per heavy atom. The van der Waals surface area contributed by atoms with Gasteiger partial charge in [0, 0.05) is 7.11 Å². The zero-order valence-corrected chi connectivity index (χ0v) is 8.00. The highest BCUT2D eigenvalue weighted by molar-refractivity contribution is 4.80. The molecule has 0 saturated heterocycles. The van der Waals surface area contributed by atoms with Crippen LogP contribution in [-0.4, -0.2) is 24.4 Å². The van der Waals surface area contributed by atoms with Crippen LogP contribution in [0.1, 0.15) is 33.6 Å². The molecule has 0 spiro atoms. The summed E-state index contributed by atoms with van der Waals surface area (Å²) in [6, 6.07) is 0. The minimum Gasteiger partial charge on any atom is -0.393 e. The Labute approximate surface area is 69.6 Å². The highest BCUT2D eigenvalue weighted by atomic mass is 16.5. The fourth-order valence-corrected chi connectivity index (χ4v) is 1.36. The molecular formula is C9H20O2. The Morgan fingerprint density at radius 3 is 2.00 bits per heavy atom. The summed E-state index contributed by atoms with van der Waals surface area (Å²) in [4.78, 5) is 0. The van der Waals surface area contributed by atoms with Gasteiger partial charge in [0.15, 0.2) is 0 Å². The maximum atomic E-state index is 9.22. The second-order valence-corrected chi connectivity index (χ2v) is 2.87. The summed E-state index contributed by atoms with van der Waals surface area (Å²) in [7, 11) is 1.70. The highest BCUT2D eigenvalue weighted by Crippen LogP contribution is 2.26. The fourth-order valence-electron chi connectivity index (χ4n) is 1.36. The monoisotopic (exact) mass is 160 g/mol. The molecule has 1 saturated carbocycles. The first-order valence-electron chi connectivity index (χ1n) is 4.45. The molecule has 0 heterocycles. The van der Waals surface area contributed by atoms with Crippen LogP contribution in [0.4, 0.5) is 0 Å². The molecule has 0 bridgehead atoms. The van der Waals surface area contributed by atoms with E-state index in [-0.39, 0.29) is 6.10 Å². The molecular weight excluding hydrogens is 140 g/mol. The molecule has 68 valence electrons. The molecule has 0 aromatic rings. The molecule has 3 unspecified atom stereocenters. The fraction of sp³-hybridized carbons (Fsp3) is 1.00. The molecule has 1 aliphatic carbocycles. The molecule has 3 atom stereocenters. The number of hydrogen-bond acceptors (Lipinski definition) is 2. The lowest BCUT2D eigenvalue weighted by atomic mass is 10.1. The van der Waals surface area contributed by atoms with Crippen LogP contribution in [0.25, 0.3) is 0 Å². The number of aliphatic hydroxyl groups is 1. The Bertz CT molecular complexity index is 83.6. The lowest BCUT2D eigenvalue weighted by Crippen LogP contribution is -2.09. The van der Waals surface area contributed by atoms with E-state index >= 15 is 0 Å². The molecule has 1 N–H and O–H groups in total. The van der Waals surface area contributed by atoms with E-state index in [9.17, 15) is 5.11 Å². The van der Waals surface area contributed by atoms with Crippen LogP contribution in [0.5, 0.6) is 0 Å². The average Bonchev–Trinajstić information content (AvgIpc) is 2.36. The van der Waals surface area contributed by atoms with Crippen LogP contribution in [0.2, 0.25) is 0 Å². The number of rotatable bonds is 1. The van der Waals surface area contributed by atoms with E-state index in [1.54, 1.807) is 7.11 Å². The number of hydrogen-bond donors (Lipinski definition) is 1. The van der Waals surface area contributed by atoms with Crippen molar-refractivity contribution in [2.24, 2.45) is 5.92 Å². The molecule has 0 aromatic heterocycles. The normalized spacial score (nSPS) is 36.3. The molecule has 0 aromatic carbocycles. The Balaban J connectivity index is 0.000000461. The number of ether oxygens (including phenoxy) is 1. The van der Waals surface area contributed by atoms with Crippen molar-refractivity contribution in [2.75, 3.05) is 7.11 Å². The van der Waals surface area contributed by atoms with Gasteiger partial charge in [-0.05, 0) is 18.8 Å². The average molecular weight is 160 g/mol. The maximum absolute atomic E-state index is 9.22. The highest BCUT2D eigenvalue weighted by Gasteiger charge is 2.29. The summed E-state index contributed by atoms with van der Waals surface area (Å²) in [5, 5.41) is 9.22. The van der Waals surface area contributed by atoms with Crippen molar-refractivity contribution in [3.8, 4) is 0 Å². The maximum Gasteiger partial charge on any atom is 0.0599 e. The van der Waals surface area contributed by atoms with E-state index in [4.69, 9.17) is 4.74 Å². The quantitative estimate of drug-likeness (QED) is 0.634. The van der Waals surface area contributed by atoms with Crippen LogP contribution < -0.4 is 0 Å². The van der Waals surface area contributed by atoms with Crippen molar-refractivity contribution in [3.63, 3.8) is 0 Å². The van der Waals surface area contributed by atoms with Crippen molar-refractivity contribution in [1.82, 2.24) is 0 Å². The molecule has 1 rings (SSSR count). The van der Waals surface area contributed by atoms with Gasteiger partial charge in [-0.2, -0.15) is 0 Å². The lowest BCUT2D eigenvalue weighted by molar-refractivity contribution is 0.0888. The first-order valence-corrected chi connectivity index (χ1v) is 4.45. The first kappa shape index (κ1) is 10.9. The van der Waals surface area contributed by atoms with E-state index in [1.165, 1.54) is 0 Å². The largest absolute Gasteiger partial charge is 0.393 e. The standard InChI is InChI=1S/C7H14O2.C2H6/c1-5-3-6(9-2)4-7(5)8;1-2/h5-8H,3-4H2,1-2H3;1-2H3. The summed E-state index contributed by atoms with van der Waals surface area (Å²) >= 11 is 0. The van der Waals surface area contributed by atoms with Gasteiger partial charge in [-0.3, -0.25) is 0 Å². The third kappa shape index (κ3) is 3.21.